The van der Waals surface area contributed by atoms with E-state index >= 15 is 0 Å². The minimum Gasteiger partial charge on any atom is -0.309 e. The van der Waals surface area contributed by atoms with Crippen LogP contribution in [0, 0.1) is 0 Å². The molecule has 316 valence electrons. The summed E-state index contributed by atoms with van der Waals surface area (Å²) in [6.07, 6.45) is 2.38. The number of benzene rings is 9. The minimum absolute atomic E-state index is 0.0834. The third-order valence-corrected chi connectivity index (χ3v) is 24.5. The van der Waals surface area contributed by atoms with Crippen molar-refractivity contribution in [3.63, 3.8) is 0 Å². The van der Waals surface area contributed by atoms with Gasteiger partial charge in [-0.25, -0.2) is 0 Å². The molecule has 1 aromatic heterocycles. The zero-order chi connectivity index (χ0) is 44.2. The lowest BCUT2D eigenvalue weighted by molar-refractivity contribution is 0.332. The fraction of sp³-hybridized carbons (Fsp3) is 0.129. The van der Waals surface area contributed by atoms with Crippen LogP contribution in [0.4, 0.5) is 0 Å². The number of para-hydroxylation sites is 1. The molecule has 0 spiro atoms. The van der Waals surface area contributed by atoms with E-state index in [1.165, 1.54) is 93.0 Å². The first kappa shape index (κ1) is 41.0. The quantitative estimate of drug-likeness (QED) is 0.101. The maximum Gasteiger partial charge on any atom is 0.179 e. The predicted octanol–water partition coefficient (Wildman–Crippen LogP) is 9.89. The van der Waals surface area contributed by atoms with Crippen LogP contribution in [0.15, 0.2) is 237 Å². The average Bonchev–Trinajstić information content (AvgIpc) is 3.69. The largest absolute Gasteiger partial charge is 0.309 e. The number of fused-ring (bicyclic) bond motifs is 4. The van der Waals surface area contributed by atoms with E-state index in [2.05, 4.69) is 269 Å². The smallest absolute Gasteiger partial charge is 0.179 e. The van der Waals surface area contributed by atoms with E-state index in [0.717, 1.165) is 0 Å². The Bertz CT molecular complexity index is 3160. The average molecular weight is 870 g/mol. The highest BCUT2D eigenvalue weighted by Crippen LogP contribution is 2.45. The Kier molecular flexibility index (Phi) is 10.1. The molecule has 0 atom stereocenters. The highest BCUT2D eigenvalue weighted by atomic mass is 28.3. The van der Waals surface area contributed by atoms with E-state index in [9.17, 15) is 0 Å². The van der Waals surface area contributed by atoms with Gasteiger partial charge in [0.05, 0.1) is 11.0 Å². The summed E-state index contributed by atoms with van der Waals surface area (Å²) in [6.45, 7) is 9.79. The molecule has 1 nitrogen and oxygen atoms in total. The van der Waals surface area contributed by atoms with E-state index in [1.54, 1.807) is 0 Å². The summed E-state index contributed by atoms with van der Waals surface area (Å²) in [5.74, 6) is 0. The first-order valence-corrected chi connectivity index (χ1v) is 27.3. The molecule has 10 aromatic rings. The lowest BCUT2D eigenvalue weighted by Gasteiger charge is -2.43. The third kappa shape index (κ3) is 6.55. The Morgan fingerprint density at radius 2 is 0.692 bits per heavy atom. The van der Waals surface area contributed by atoms with Gasteiger partial charge in [0.25, 0.3) is 0 Å². The highest BCUT2D eigenvalue weighted by Gasteiger charge is 2.45. The Hall–Kier alpha value is -6.79. The molecule has 9 aromatic carbocycles. The van der Waals surface area contributed by atoms with E-state index in [4.69, 9.17) is 0 Å². The van der Waals surface area contributed by atoms with Gasteiger partial charge in [-0.15, -0.1) is 0 Å². The number of nitrogens with zero attached hydrogens (tertiary/aromatic N) is 1. The number of rotatable bonds is 9. The van der Waals surface area contributed by atoms with Gasteiger partial charge in [-0.05, 0) is 101 Å². The fourth-order valence-corrected chi connectivity index (χ4v) is 21.2. The second kappa shape index (κ2) is 16.0. The van der Waals surface area contributed by atoms with Gasteiger partial charge in [0.2, 0.25) is 0 Å². The van der Waals surface area contributed by atoms with Crippen LogP contribution in [0.3, 0.4) is 0 Å². The fourth-order valence-electron chi connectivity index (χ4n) is 11.6. The van der Waals surface area contributed by atoms with Crippen LogP contribution in [0.1, 0.15) is 51.7 Å². The molecule has 0 saturated carbocycles. The molecule has 1 heterocycles. The van der Waals surface area contributed by atoms with Gasteiger partial charge in [-0.2, -0.15) is 0 Å². The summed E-state index contributed by atoms with van der Waals surface area (Å²) in [5, 5.41) is 13.7. The molecular weight excluding hydrogens is 815 g/mol. The summed E-state index contributed by atoms with van der Waals surface area (Å²) in [5.41, 5.74) is 6.84. The Balaban J connectivity index is 1.18. The Labute approximate surface area is 386 Å². The molecule has 0 saturated heterocycles. The molecule has 65 heavy (non-hydrogen) atoms. The normalized spacial score (nSPS) is 14.6. The highest BCUT2D eigenvalue weighted by molar-refractivity contribution is 7.20. The van der Waals surface area contributed by atoms with Crippen molar-refractivity contribution in [2.45, 2.75) is 51.4 Å². The molecule has 1 aliphatic carbocycles. The molecule has 0 aliphatic heterocycles. The lowest BCUT2D eigenvalue weighted by Crippen LogP contribution is -2.75. The van der Waals surface area contributed by atoms with Crippen molar-refractivity contribution < 1.29 is 0 Å². The number of aromatic nitrogens is 1. The maximum atomic E-state index is 2.64. The van der Waals surface area contributed by atoms with Crippen LogP contribution in [0.2, 0.25) is 0 Å². The van der Waals surface area contributed by atoms with E-state index in [-0.39, 0.29) is 10.8 Å². The first-order chi connectivity index (χ1) is 31.7. The van der Waals surface area contributed by atoms with Crippen LogP contribution in [-0.2, 0) is 10.8 Å². The van der Waals surface area contributed by atoms with Crippen molar-refractivity contribution in [1.29, 1.82) is 0 Å². The molecule has 0 fully saturated rings. The standard InChI is InChI=1S/C62H55NSi2/c1-61(2)41-42-62(3,4)58-45-54(37-39-57(58)61)65(50-30-16-8-17-31-50,51-32-18-9-19-33-51)52-34-22-23-46(43-52)63-59-36-21-20-35-55(59)56-44-53(38-40-60(56)63)64(47-24-10-5-11-25-47,48-26-12-6-13-27-48)49-28-14-7-15-29-49/h5-40,43-45H,41-42H2,1-4H3. The predicted molar refractivity (Wildman–Crippen MR) is 283 cm³/mol. The lowest BCUT2D eigenvalue weighted by atomic mass is 9.63. The summed E-state index contributed by atoms with van der Waals surface area (Å²) >= 11 is 0. The molecular formula is C62H55NSi2. The van der Waals surface area contributed by atoms with Gasteiger partial charge in [0, 0.05) is 16.5 Å². The maximum absolute atomic E-state index is 2.90. The minimum atomic E-state index is -2.90. The third-order valence-electron chi connectivity index (χ3n) is 15.0. The van der Waals surface area contributed by atoms with Crippen molar-refractivity contribution in [2.24, 2.45) is 0 Å². The topological polar surface area (TPSA) is 4.93 Å². The van der Waals surface area contributed by atoms with Crippen molar-refractivity contribution in [3.05, 3.63) is 248 Å². The Morgan fingerprint density at radius 3 is 1.22 bits per heavy atom. The summed E-state index contributed by atoms with van der Waals surface area (Å²) < 4.78 is 2.53. The SMILES string of the molecule is CC1(C)CCC(C)(C)c2cc([Si](c3ccccc3)(c3ccccc3)c3cccc(-n4c5ccccc5c5cc([Si](c6ccccc6)(c6ccccc6)c6ccccc6)ccc54)c3)ccc21. The summed E-state index contributed by atoms with van der Waals surface area (Å²) in [7, 11) is -5.66. The molecule has 0 bridgehead atoms. The molecule has 0 amide bonds. The van der Waals surface area contributed by atoms with Crippen molar-refractivity contribution in [1.82, 2.24) is 4.57 Å². The molecule has 3 heteroatoms. The van der Waals surface area contributed by atoms with Crippen LogP contribution in [-0.4, -0.2) is 20.7 Å². The van der Waals surface area contributed by atoms with Gasteiger partial charge in [-0.1, -0.05) is 240 Å². The number of hydrogen-bond acceptors (Lipinski definition) is 0. The first-order valence-electron chi connectivity index (χ1n) is 23.3. The van der Waals surface area contributed by atoms with Crippen LogP contribution in [0.25, 0.3) is 27.5 Å². The summed E-state index contributed by atoms with van der Waals surface area (Å²) in [6, 6.07) is 90.3. The van der Waals surface area contributed by atoms with Gasteiger partial charge in [0.15, 0.2) is 16.1 Å². The summed E-state index contributed by atoms with van der Waals surface area (Å²) in [4.78, 5) is 0. The zero-order valence-corrected chi connectivity index (χ0v) is 39.9. The van der Waals surface area contributed by atoms with Crippen LogP contribution in [0.5, 0.6) is 0 Å². The van der Waals surface area contributed by atoms with Crippen molar-refractivity contribution in [2.75, 3.05) is 0 Å². The van der Waals surface area contributed by atoms with Gasteiger partial charge >= 0.3 is 0 Å². The van der Waals surface area contributed by atoms with Crippen molar-refractivity contribution in [3.8, 4) is 5.69 Å². The van der Waals surface area contributed by atoms with Crippen molar-refractivity contribution >= 4 is 79.4 Å². The molecule has 0 unspecified atom stereocenters. The van der Waals surface area contributed by atoms with Gasteiger partial charge < -0.3 is 4.57 Å². The van der Waals surface area contributed by atoms with Crippen LogP contribution < -0.4 is 41.5 Å². The van der Waals surface area contributed by atoms with E-state index in [0.29, 0.717) is 0 Å². The van der Waals surface area contributed by atoms with Gasteiger partial charge in [-0.3, -0.25) is 0 Å². The number of hydrogen-bond donors (Lipinski definition) is 0. The van der Waals surface area contributed by atoms with Crippen LogP contribution >= 0.6 is 0 Å². The van der Waals surface area contributed by atoms with E-state index in [1.807, 2.05) is 0 Å². The Morgan fingerprint density at radius 1 is 0.308 bits per heavy atom. The molecule has 11 rings (SSSR count). The molecule has 1 aliphatic rings. The second-order valence-electron chi connectivity index (χ2n) is 19.5. The zero-order valence-electron chi connectivity index (χ0n) is 37.9. The van der Waals surface area contributed by atoms with E-state index < -0.39 is 16.1 Å². The monoisotopic (exact) mass is 869 g/mol. The molecule has 0 radical (unpaired) electrons. The van der Waals surface area contributed by atoms with Gasteiger partial charge in [0.1, 0.15) is 0 Å². The molecule has 0 N–H and O–H groups in total. The second-order valence-corrected chi connectivity index (χ2v) is 27.1.